The van der Waals surface area contributed by atoms with Crippen LogP contribution < -0.4 is 10.2 Å². The Labute approximate surface area is 147 Å². The van der Waals surface area contributed by atoms with Gasteiger partial charge in [0.1, 0.15) is 12.0 Å². The van der Waals surface area contributed by atoms with Crippen molar-refractivity contribution in [2.45, 2.75) is 18.6 Å². The molecule has 3 heterocycles. The number of carboxylic acid groups (broad SMARTS) is 1. The number of rotatable bonds is 3. The zero-order chi connectivity index (χ0) is 18.3. The highest BCUT2D eigenvalue weighted by atomic mass is 19.1. The summed E-state index contributed by atoms with van der Waals surface area (Å²) in [6, 6.07) is 9.43. The third-order valence-corrected chi connectivity index (χ3v) is 4.56. The van der Waals surface area contributed by atoms with Crippen LogP contribution >= 0.6 is 0 Å². The van der Waals surface area contributed by atoms with Gasteiger partial charge in [0, 0.05) is 24.8 Å². The molecular formula is C18H16F2N4O2. The topological polar surface area (TPSA) is 69.9 Å². The van der Waals surface area contributed by atoms with Crippen LogP contribution in [-0.2, 0) is 0 Å². The third-order valence-electron chi connectivity index (χ3n) is 4.56. The fourth-order valence-corrected chi connectivity index (χ4v) is 3.46. The van der Waals surface area contributed by atoms with E-state index in [9.17, 15) is 13.6 Å². The number of halogens is 2. The summed E-state index contributed by atoms with van der Waals surface area (Å²) in [6.07, 6.45) is 1.16. The van der Waals surface area contributed by atoms with Crippen molar-refractivity contribution in [3.8, 4) is 0 Å². The maximum absolute atomic E-state index is 14.2. The van der Waals surface area contributed by atoms with E-state index in [4.69, 9.17) is 5.11 Å². The lowest BCUT2D eigenvalue weighted by atomic mass is 10.0. The van der Waals surface area contributed by atoms with Crippen LogP contribution in [0.3, 0.4) is 0 Å². The van der Waals surface area contributed by atoms with Gasteiger partial charge in [-0.1, -0.05) is 12.1 Å². The first-order valence-corrected chi connectivity index (χ1v) is 8.15. The van der Waals surface area contributed by atoms with Gasteiger partial charge in [-0.3, -0.25) is 5.32 Å². The van der Waals surface area contributed by atoms with Gasteiger partial charge >= 0.3 is 6.09 Å². The minimum Gasteiger partial charge on any atom is -0.465 e. The number of pyridine rings is 1. The highest BCUT2D eigenvalue weighted by Gasteiger charge is 2.33. The van der Waals surface area contributed by atoms with Crippen LogP contribution in [0.1, 0.15) is 18.0 Å². The Morgan fingerprint density at radius 3 is 2.92 bits per heavy atom. The lowest BCUT2D eigenvalue weighted by Gasteiger charge is -2.27. The fraction of sp³-hybridized carbons (Fsp3) is 0.222. The largest absolute Gasteiger partial charge is 0.465 e. The number of anilines is 2. The number of hydrogen-bond donors (Lipinski definition) is 2. The van der Waals surface area contributed by atoms with Crippen molar-refractivity contribution in [3.63, 3.8) is 0 Å². The molecule has 1 amide bonds. The second kappa shape index (κ2) is 6.29. The average Bonchev–Trinajstić information content (AvgIpc) is 3.18. The van der Waals surface area contributed by atoms with Crippen molar-refractivity contribution >= 4 is 23.0 Å². The Bertz CT molecular complexity index is 975. The molecule has 0 aliphatic carbocycles. The molecule has 2 aromatic heterocycles. The van der Waals surface area contributed by atoms with Crippen LogP contribution in [0.4, 0.5) is 25.0 Å². The molecule has 0 bridgehead atoms. The molecule has 3 aromatic rings. The molecule has 26 heavy (non-hydrogen) atoms. The molecule has 1 fully saturated rings. The van der Waals surface area contributed by atoms with E-state index in [1.807, 2.05) is 4.90 Å². The van der Waals surface area contributed by atoms with Gasteiger partial charge in [0.25, 0.3) is 0 Å². The summed E-state index contributed by atoms with van der Waals surface area (Å²) in [5.74, 6) is -0.357. The Hall–Kier alpha value is -3.16. The van der Waals surface area contributed by atoms with Gasteiger partial charge in [-0.05, 0) is 29.8 Å². The predicted molar refractivity (Wildman–Crippen MR) is 92.8 cm³/mol. The molecule has 0 saturated carbocycles. The number of alkyl halides is 1. The molecule has 8 heteroatoms. The van der Waals surface area contributed by atoms with E-state index in [2.05, 4.69) is 10.4 Å². The number of carbonyl (C=O) groups is 1. The summed E-state index contributed by atoms with van der Waals surface area (Å²) < 4.78 is 29.3. The first-order chi connectivity index (χ1) is 12.5. The molecule has 1 saturated heterocycles. The maximum atomic E-state index is 14.2. The van der Waals surface area contributed by atoms with E-state index >= 15 is 0 Å². The van der Waals surface area contributed by atoms with Gasteiger partial charge in [0.15, 0.2) is 0 Å². The summed E-state index contributed by atoms with van der Waals surface area (Å²) >= 11 is 0. The van der Waals surface area contributed by atoms with Crippen LogP contribution in [0.5, 0.6) is 0 Å². The second-order valence-electron chi connectivity index (χ2n) is 6.26. The van der Waals surface area contributed by atoms with E-state index in [0.29, 0.717) is 16.8 Å². The van der Waals surface area contributed by atoms with E-state index in [0.717, 1.165) is 5.69 Å². The predicted octanol–water partition coefficient (Wildman–Crippen LogP) is 3.85. The van der Waals surface area contributed by atoms with Gasteiger partial charge in [-0.2, -0.15) is 5.10 Å². The molecule has 0 radical (unpaired) electrons. The van der Waals surface area contributed by atoms with Crippen LogP contribution in [0.2, 0.25) is 0 Å². The Kier molecular flexibility index (Phi) is 3.95. The molecule has 0 spiro atoms. The molecule has 0 unspecified atom stereocenters. The van der Waals surface area contributed by atoms with Crippen LogP contribution in [0.15, 0.2) is 48.8 Å². The molecule has 2 atom stereocenters. The van der Waals surface area contributed by atoms with Crippen LogP contribution in [0, 0.1) is 5.82 Å². The Morgan fingerprint density at radius 1 is 1.31 bits per heavy atom. The minimum atomic E-state index is -1.19. The number of fused-ring (bicyclic) bond motifs is 1. The van der Waals surface area contributed by atoms with Crippen molar-refractivity contribution in [3.05, 3.63) is 60.2 Å². The van der Waals surface area contributed by atoms with Crippen LogP contribution in [-0.4, -0.2) is 33.5 Å². The zero-order valence-corrected chi connectivity index (χ0v) is 13.6. The van der Waals surface area contributed by atoms with Crippen molar-refractivity contribution in [2.75, 3.05) is 16.8 Å². The SMILES string of the molecule is O=C(O)Nc1cnn2ccc(N3C[C@@H](F)C[C@@H]3c3cccc(F)c3)cc12. The van der Waals surface area contributed by atoms with E-state index < -0.39 is 12.3 Å². The monoisotopic (exact) mass is 358 g/mol. The van der Waals surface area contributed by atoms with Gasteiger partial charge in [-0.15, -0.1) is 0 Å². The fourth-order valence-electron chi connectivity index (χ4n) is 3.46. The van der Waals surface area contributed by atoms with E-state index in [1.165, 1.54) is 22.8 Å². The van der Waals surface area contributed by atoms with Crippen molar-refractivity contribution < 1.29 is 18.7 Å². The summed E-state index contributed by atoms with van der Waals surface area (Å²) in [4.78, 5) is 12.8. The maximum Gasteiger partial charge on any atom is 0.409 e. The van der Waals surface area contributed by atoms with Crippen LogP contribution in [0.25, 0.3) is 5.52 Å². The highest BCUT2D eigenvalue weighted by molar-refractivity contribution is 5.90. The Balaban J connectivity index is 1.73. The molecule has 1 aliphatic rings. The zero-order valence-electron chi connectivity index (χ0n) is 13.6. The first-order valence-electron chi connectivity index (χ1n) is 8.15. The molecule has 1 aliphatic heterocycles. The number of nitrogens with zero attached hydrogens (tertiary/aromatic N) is 3. The summed E-state index contributed by atoms with van der Waals surface area (Å²) in [5, 5.41) is 15.3. The molecule has 2 N–H and O–H groups in total. The third kappa shape index (κ3) is 2.94. The van der Waals surface area contributed by atoms with E-state index in [-0.39, 0.29) is 24.8 Å². The van der Waals surface area contributed by atoms with Gasteiger partial charge in [-0.25, -0.2) is 18.1 Å². The minimum absolute atomic E-state index is 0.188. The number of benzene rings is 1. The number of amides is 1. The molecule has 4 rings (SSSR count). The van der Waals surface area contributed by atoms with Gasteiger partial charge in [0.05, 0.1) is 23.4 Å². The first kappa shape index (κ1) is 16.3. The lowest BCUT2D eigenvalue weighted by molar-refractivity contribution is 0.210. The van der Waals surface area contributed by atoms with Crippen molar-refractivity contribution in [2.24, 2.45) is 0 Å². The van der Waals surface area contributed by atoms with Crippen molar-refractivity contribution in [1.29, 1.82) is 0 Å². The molecular weight excluding hydrogens is 342 g/mol. The molecule has 1 aromatic carbocycles. The number of hydrogen-bond acceptors (Lipinski definition) is 3. The van der Waals surface area contributed by atoms with Gasteiger partial charge in [0.2, 0.25) is 0 Å². The Morgan fingerprint density at radius 2 is 2.15 bits per heavy atom. The number of nitrogens with one attached hydrogen (secondary N) is 1. The average molecular weight is 358 g/mol. The second-order valence-corrected chi connectivity index (χ2v) is 6.26. The summed E-state index contributed by atoms with van der Waals surface area (Å²) in [6.45, 7) is 0.188. The highest BCUT2D eigenvalue weighted by Crippen LogP contribution is 2.38. The molecule has 134 valence electrons. The smallest absolute Gasteiger partial charge is 0.409 e. The van der Waals surface area contributed by atoms with E-state index in [1.54, 1.807) is 30.5 Å². The standard InChI is InChI=1S/C18H16F2N4O2/c19-12-3-1-2-11(6-12)16-7-13(20)10-23(16)14-4-5-24-17(8-14)15(9-21-24)22-18(25)26/h1-6,8-9,13,16,22H,7,10H2,(H,25,26)/t13-,16+/m0/s1. The molecule has 6 nitrogen and oxygen atoms in total. The summed E-state index contributed by atoms with van der Waals surface area (Å²) in [7, 11) is 0. The summed E-state index contributed by atoms with van der Waals surface area (Å²) in [5.41, 5.74) is 2.34. The number of aromatic nitrogens is 2. The van der Waals surface area contributed by atoms with Crippen molar-refractivity contribution in [1.82, 2.24) is 9.61 Å². The van der Waals surface area contributed by atoms with Gasteiger partial charge < -0.3 is 10.0 Å². The normalized spacial score (nSPS) is 19.8. The quantitative estimate of drug-likeness (QED) is 0.746. The lowest BCUT2D eigenvalue weighted by Crippen LogP contribution is -2.23.